The molecule has 10 heteroatoms. The van der Waals surface area contributed by atoms with Crippen LogP contribution in [0, 0.1) is 17.7 Å². The monoisotopic (exact) mass is 474 g/mol. The number of hydrogen-bond donors (Lipinski definition) is 2. The molecule has 1 saturated carbocycles. The second-order valence-corrected chi connectivity index (χ2v) is 8.62. The maximum absolute atomic E-state index is 14.9. The Balaban J connectivity index is 1.34. The first-order valence-electron chi connectivity index (χ1n) is 10.6. The van der Waals surface area contributed by atoms with Gasteiger partial charge in [-0.15, -0.1) is 21.5 Å². The average molecular weight is 475 g/mol. The van der Waals surface area contributed by atoms with Gasteiger partial charge >= 0.3 is 0 Å². The molecule has 2 N–H and O–H groups in total. The van der Waals surface area contributed by atoms with Crippen LogP contribution in [0.3, 0.4) is 0 Å². The molecule has 0 saturated heterocycles. The molecule has 0 atom stereocenters. The number of hydrogen-bond acceptors (Lipinski definition) is 7. The molecular formula is C24H19FN6O2S. The van der Waals surface area contributed by atoms with Crippen molar-refractivity contribution in [1.29, 1.82) is 0 Å². The van der Waals surface area contributed by atoms with Crippen LogP contribution in [0.1, 0.15) is 51.8 Å². The highest BCUT2D eigenvalue weighted by Crippen LogP contribution is 2.36. The van der Waals surface area contributed by atoms with Crippen molar-refractivity contribution < 1.29 is 13.9 Å². The number of nitrogens with one attached hydrogen (secondary N) is 2. The molecule has 0 unspecified atom stereocenters. The number of halogens is 1. The lowest BCUT2D eigenvalue weighted by Gasteiger charge is -2.22. The average Bonchev–Trinajstić information content (AvgIpc) is 3.49. The lowest BCUT2D eigenvalue weighted by Crippen LogP contribution is -2.15. The minimum absolute atomic E-state index is 0.0549. The highest BCUT2D eigenvalue weighted by Gasteiger charge is 2.22. The Bertz CT molecular complexity index is 1400. The molecule has 2 heterocycles. The van der Waals surface area contributed by atoms with Gasteiger partial charge in [0, 0.05) is 28.1 Å². The van der Waals surface area contributed by atoms with E-state index in [2.05, 4.69) is 48.1 Å². The predicted molar refractivity (Wildman–Crippen MR) is 125 cm³/mol. The number of aromatic amines is 1. The van der Waals surface area contributed by atoms with Gasteiger partial charge in [0.1, 0.15) is 17.1 Å². The van der Waals surface area contributed by atoms with Gasteiger partial charge in [-0.3, -0.25) is 4.79 Å². The molecule has 34 heavy (non-hydrogen) atoms. The first-order chi connectivity index (χ1) is 16.6. The number of carbonyl (C=O) groups excluding carboxylic acids is 1. The Morgan fingerprint density at radius 1 is 1.26 bits per heavy atom. The molecule has 1 aliphatic carbocycles. The topological polar surface area (TPSA) is 106 Å². The van der Waals surface area contributed by atoms with Crippen molar-refractivity contribution in [3.8, 4) is 29.0 Å². The highest BCUT2D eigenvalue weighted by molar-refractivity contribution is 7.10. The molecule has 0 aliphatic heterocycles. The molecule has 8 nitrogen and oxygen atoms in total. The fourth-order valence-electron chi connectivity index (χ4n) is 3.61. The van der Waals surface area contributed by atoms with Gasteiger partial charge in [0.05, 0.1) is 12.8 Å². The van der Waals surface area contributed by atoms with Gasteiger partial charge < -0.3 is 10.1 Å². The third kappa shape index (κ3) is 4.51. The first-order valence-corrected chi connectivity index (χ1v) is 11.5. The van der Waals surface area contributed by atoms with Gasteiger partial charge in [0.2, 0.25) is 5.82 Å². The van der Waals surface area contributed by atoms with Crippen molar-refractivity contribution in [2.45, 2.75) is 25.2 Å². The number of rotatable bonds is 5. The highest BCUT2D eigenvalue weighted by atomic mass is 32.1. The summed E-state index contributed by atoms with van der Waals surface area (Å²) in [6.07, 6.45) is 3.66. The number of carbonyl (C=O) groups is 1. The number of thiazole rings is 1. The van der Waals surface area contributed by atoms with Crippen molar-refractivity contribution in [1.82, 2.24) is 25.6 Å². The molecule has 5 rings (SSSR count). The van der Waals surface area contributed by atoms with Crippen LogP contribution in [-0.4, -0.2) is 38.6 Å². The number of anilines is 1. The molecule has 0 spiro atoms. The Labute approximate surface area is 198 Å². The SMILES string of the molecule is COc1cc(-c2nn[nH]n2)cc(F)c1C(=O)Nc1cccc(C#Cc2nc(C3CCC3)cs2)c1. The lowest BCUT2D eigenvalue weighted by atomic mass is 9.83. The molecule has 1 aliphatic rings. The summed E-state index contributed by atoms with van der Waals surface area (Å²) in [5, 5.41) is 19.0. The van der Waals surface area contributed by atoms with Gasteiger partial charge in [0.25, 0.3) is 5.91 Å². The molecule has 0 radical (unpaired) electrons. The van der Waals surface area contributed by atoms with E-state index in [4.69, 9.17) is 4.74 Å². The Hall–Kier alpha value is -4.10. The normalized spacial score (nSPS) is 13.0. The van der Waals surface area contributed by atoms with Crippen LogP contribution in [0.15, 0.2) is 41.8 Å². The lowest BCUT2D eigenvalue weighted by molar-refractivity contribution is 0.102. The number of aromatic nitrogens is 5. The number of H-pyrrole nitrogens is 1. The van der Waals surface area contributed by atoms with E-state index in [1.807, 2.05) is 6.07 Å². The smallest absolute Gasteiger partial charge is 0.262 e. The van der Waals surface area contributed by atoms with Crippen LogP contribution < -0.4 is 10.1 Å². The quantitative estimate of drug-likeness (QED) is 0.416. The van der Waals surface area contributed by atoms with Crippen molar-refractivity contribution >= 4 is 22.9 Å². The minimum Gasteiger partial charge on any atom is -0.496 e. The van der Waals surface area contributed by atoms with Crippen LogP contribution in [0.2, 0.25) is 0 Å². The zero-order chi connectivity index (χ0) is 23.5. The summed E-state index contributed by atoms with van der Waals surface area (Å²) in [5.41, 5.74) is 2.42. The first kappa shape index (κ1) is 21.7. The number of nitrogens with zero attached hydrogens (tertiary/aromatic N) is 4. The predicted octanol–water partition coefficient (Wildman–Crippen LogP) is 4.39. The van der Waals surface area contributed by atoms with Gasteiger partial charge in [-0.05, 0) is 54.3 Å². The van der Waals surface area contributed by atoms with Gasteiger partial charge in [-0.1, -0.05) is 18.4 Å². The molecule has 1 fully saturated rings. The largest absolute Gasteiger partial charge is 0.496 e. The summed E-state index contributed by atoms with van der Waals surface area (Å²) in [5.74, 6) is 5.58. The molecule has 1 amide bonds. The Kier molecular flexibility index (Phi) is 6.01. The molecule has 4 aromatic rings. The summed E-state index contributed by atoms with van der Waals surface area (Å²) in [6.45, 7) is 0. The fourth-order valence-corrected chi connectivity index (χ4v) is 4.35. The van der Waals surface area contributed by atoms with Crippen molar-refractivity contribution in [2.24, 2.45) is 0 Å². The van der Waals surface area contributed by atoms with Crippen molar-refractivity contribution in [2.75, 3.05) is 12.4 Å². The summed E-state index contributed by atoms with van der Waals surface area (Å²) in [6, 6.07) is 9.69. The number of tetrazole rings is 1. The molecule has 0 bridgehead atoms. The standard InChI is InChI=1S/C24H19FN6O2S/c1-33-20-12-16(23-28-30-31-29-23)11-18(25)22(20)24(32)26-17-7-2-4-14(10-17)8-9-21-27-19(13-34-21)15-5-3-6-15/h2,4,7,10-13,15H,3,5-6H2,1H3,(H,26,32)(H,28,29,30,31). The molecule has 170 valence electrons. The van der Waals surface area contributed by atoms with Crippen LogP contribution in [-0.2, 0) is 0 Å². The number of ether oxygens (including phenoxy) is 1. The zero-order valence-electron chi connectivity index (χ0n) is 18.1. The number of amides is 1. The third-order valence-corrected chi connectivity index (χ3v) is 6.36. The zero-order valence-corrected chi connectivity index (χ0v) is 18.9. The van der Waals surface area contributed by atoms with E-state index in [1.54, 1.807) is 18.2 Å². The van der Waals surface area contributed by atoms with Crippen molar-refractivity contribution in [3.63, 3.8) is 0 Å². The maximum atomic E-state index is 14.9. The number of methoxy groups -OCH3 is 1. The van der Waals surface area contributed by atoms with E-state index >= 15 is 0 Å². The second-order valence-electron chi connectivity index (χ2n) is 7.76. The van der Waals surface area contributed by atoms with E-state index in [1.165, 1.54) is 43.8 Å². The van der Waals surface area contributed by atoms with E-state index in [0.29, 0.717) is 22.7 Å². The summed E-state index contributed by atoms with van der Waals surface area (Å²) >= 11 is 1.54. The van der Waals surface area contributed by atoms with Gasteiger partial charge in [0.15, 0.2) is 5.01 Å². The molecule has 2 aromatic heterocycles. The number of benzene rings is 2. The molecule has 2 aromatic carbocycles. The van der Waals surface area contributed by atoms with Gasteiger partial charge in [-0.25, -0.2) is 9.37 Å². The minimum atomic E-state index is -0.765. The van der Waals surface area contributed by atoms with E-state index in [9.17, 15) is 9.18 Å². The molecular weight excluding hydrogens is 455 g/mol. The van der Waals surface area contributed by atoms with Crippen LogP contribution in [0.4, 0.5) is 10.1 Å². The summed E-state index contributed by atoms with van der Waals surface area (Å²) in [4.78, 5) is 17.5. The van der Waals surface area contributed by atoms with E-state index < -0.39 is 11.7 Å². The third-order valence-electron chi connectivity index (χ3n) is 5.58. The fraction of sp³-hybridized carbons (Fsp3) is 0.208. The summed E-state index contributed by atoms with van der Waals surface area (Å²) < 4.78 is 20.1. The Morgan fingerprint density at radius 2 is 2.15 bits per heavy atom. The summed E-state index contributed by atoms with van der Waals surface area (Å²) in [7, 11) is 1.36. The van der Waals surface area contributed by atoms with E-state index in [0.717, 1.165) is 16.8 Å². The Morgan fingerprint density at radius 3 is 2.88 bits per heavy atom. The van der Waals surface area contributed by atoms with Crippen LogP contribution in [0.5, 0.6) is 5.75 Å². The van der Waals surface area contributed by atoms with E-state index in [-0.39, 0.29) is 17.1 Å². The second kappa shape index (κ2) is 9.41. The van der Waals surface area contributed by atoms with Gasteiger partial charge in [-0.2, -0.15) is 5.21 Å². The maximum Gasteiger partial charge on any atom is 0.262 e. The van der Waals surface area contributed by atoms with Crippen LogP contribution in [0.25, 0.3) is 11.4 Å². The van der Waals surface area contributed by atoms with Crippen molar-refractivity contribution in [3.05, 3.63) is 69.4 Å². The van der Waals surface area contributed by atoms with Crippen LogP contribution >= 0.6 is 11.3 Å².